The van der Waals surface area contributed by atoms with Crippen LogP contribution in [0.5, 0.6) is 0 Å². The summed E-state index contributed by atoms with van der Waals surface area (Å²) in [6.45, 7) is 0. The summed E-state index contributed by atoms with van der Waals surface area (Å²) < 4.78 is 14.8. The minimum absolute atomic E-state index is 0.624. The highest BCUT2D eigenvalue weighted by Crippen LogP contribution is 2.43. The molecule has 52 heavy (non-hydrogen) atoms. The number of aromatic nitrogens is 3. The van der Waals surface area contributed by atoms with Gasteiger partial charge in [-0.05, 0) is 22.8 Å². The van der Waals surface area contributed by atoms with Gasteiger partial charge in [0.25, 0.3) is 0 Å². The van der Waals surface area contributed by atoms with Gasteiger partial charge in [0, 0.05) is 61.2 Å². The first-order valence-electron chi connectivity index (χ1n) is 17.3. The molecule has 4 nitrogen and oxygen atoms in total. The summed E-state index contributed by atoms with van der Waals surface area (Å²) in [4.78, 5) is 14.9. The molecule has 246 valence electrons. The van der Waals surface area contributed by atoms with E-state index in [2.05, 4.69) is 84.9 Å². The van der Waals surface area contributed by atoms with Crippen molar-refractivity contribution in [2.75, 3.05) is 0 Å². The molecule has 0 amide bonds. The summed E-state index contributed by atoms with van der Waals surface area (Å²) in [7, 11) is -3.05. The van der Waals surface area contributed by atoms with Crippen LogP contribution in [-0.2, 0) is 4.57 Å². The zero-order valence-electron chi connectivity index (χ0n) is 28.2. The van der Waals surface area contributed by atoms with Gasteiger partial charge in [-0.15, -0.1) is 0 Å². The molecule has 0 saturated carbocycles. The Morgan fingerprint density at radius 2 is 0.942 bits per heavy atom. The topological polar surface area (TPSA) is 55.7 Å². The first kappa shape index (κ1) is 31.5. The molecule has 0 atom stereocenters. The van der Waals surface area contributed by atoms with Crippen LogP contribution in [0.1, 0.15) is 0 Å². The summed E-state index contributed by atoms with van der Waals surface area (Å²) in [6, 6.07) is 61.1. The summed E-state index contributed by atoms with van der Waals surface area (Å²) >= 11 is 0. The molecule has 0 saturated heterocycles. The second-order valence-corrected chi connectivity index (χ2v) is 15.5. The van der Waals surface area contributed by atoms with E-state index in [-0.39, 0.29) is 0 Å². The lowest BCUT2D eigenvalue weighted by atomic mass is 9.92. The molecule has 0 aliphatic heterocycles. The van der Waals surface area contributed by atoms with Crippen LogP contribution < -0.4 is 15.9 Å². The van der Waals surface area contributed by atoms with E-state index in [0.717, 1.165) is 60.2 Å². The smallest absolute Gasteiger partial charge is 0.171 e. The lowest BCUT2D eigenvalue weighted by Gasteiger charge is -2.20. The lowest BCUT2D eigenvalue weighted by molar-refractivity contribution is 0.592. The second-order valence-electron chi connectivity index (χ2n) is 12.8. The maximum Gasteiger partial charge on any atom is 0.171 e. The zero-order valence-corrected chi connectivity index (χ0v) is 29.1. The van der Waals surface area contributed by atoms with Crippen LogP contribution in [0.3, 0.4) is 0 Å². The molecule has 7 aromatic carbocycles. The van der Waals surface area contributed by atoms with Crippen molar-refractivity contribution in [3.05, 3.63) is 194 Å². The van der Waals surface area contributed by atoms with Gasteiger partial charge < -0.3 is 4.57 Å². The first-order valence-corrected chi connectivity index (χ1v) is 19.0. The van der Waals surface area contributed by atoms with Crippen LogP contribution in [0, 0.1) is 0 Å². The van der Waals surface area contributed by atoms with Crippen LogP contribution in [-0.4, -0.2) is 15.0 Å². The van der Waals surface area contributed by atoms with Crippen molar-refractivity contribution in [1.82, 2.24) is 15.0 Å². The monoisotopic (exact) mass is 685 g/mol. The van der Waals surface area contributed by atoms with Gasteiger partial charge in [0.05, 0.1) is 11.2 Å². The number of pyridine rings is 1. The van der Waals surface area contributed by atoms with E-state index in [1.165, 1.54) is 16.5 Å². The standard InChI is InChI=1S/C47H32N3OP/c51-52(38-18-9-3-10-19-38,39-20-11-4-12-21-39)40-27-24-33(25-28-40)37-31-48-47(49-32-37)36-26-29-42-44(30-36)50-46(35-16-7-2-8-17-35)43-23-13-22-41(45(42)43)34-14-5-1-6-15-34/h1-32H. The molecule has 9 rings (SSSR count). The van der Waals surface area contributed by atoms with E-state index in [4.69, 9.17) is 15.0 Å². The largest absolute Gasteiger partial charge is 0.309 e. The molecule has 5 heteroatoms. The fraction of sp³-hybridized carbons (Fsp3) is 0. The number of hydrogen-bond acceptors (Lipinski definition) is 4. The van der Waals surface area contributed by atoms with Crippen molar-refractivity contribution in [3.63, 3.8) is 0 Å². The number of nitrogens with zero attached hydrogens (tertiary/aromatic N) is 3. The van der Waals surface area contributed by atoms with Gasteiger partial charge in [-0.25, -0.2) is 15.0 Å². The average Bonchev–Trinajstić information content (AvgIpc) is 3.24. The molecule has 0 radical (unpaired) electrons. The second kappa shape index (κ2) is 13.3. The van der Waals surface area contributed by atoms with Crippen molar-refractivity contribution in [2.45, 2.75) is 0 Å². The van der Waals surface area contributed by atoms with Crippen molar-refractivity contribution in [1.29, 1.82) is 0 Å². The Balaban J connectivity index is 1.09. The maximum atomic E-state index is 14.8. The van der Waals surface area contributed by atoms with Gasteiger partial charge in [-0.2, -0.15) is 0 Å². The Labute approximate surface area is 302 Å². The number of fused-ring (bicyclic) bond motifs is 3. The summed E-state index contributed by atoms with van der Waals surface area (Å²) in [5.41, 5.74) is 7.97. The quantitative estimate of drug-likeness (QED) is 0.124. The molecular weight excluding hydrogens is 654 g/mol. The minimum Gasteiger partial charge on any atom is -0.309 e. The zero-order chi connectivity index (χ0) is 34.9. The lowest BCUT2D eigenvalue weighted by Crippen LogP contribution is -2.24. The maximum absolute atomic E-state index is 14.8. The molecule has 0 bridgehead atoms. The van der Waals surface area contributed by atoms with Gasteiger partial charge >= 0.3 is 0 Å². The Kier molecular flexibility index (Phi) is 8.08. The predicted molar refractivity (Wildman–Crippen MR) is 216 cm³/mol. The molecular formula is C47H32N3OP. The van der Waals surface area contributed by atoms with E-state index in [9.17, 15) is 4.57 Å². The van der Waals surface area contributed by atoms with E-state index in [1.54, 1.807) is 0 Å². The van der Waals surface area contributed by atoms with Crippen LogP contribution in [0.25, 0.3) is 66.6 Å². The van der Waals surface area contributed by atoms with E-state index in [1.807, 2.05) is 109 Å². The van der Waals surface area contributed by atoms with Crippen molar-refractivity contribution in [2.24, 2.45) is 0 Å². The highest BCUT2D eigenvalue weighted by atomic mass is 31.2. The van der Waals surface area contributed by atoms with E-state index in [0.29, 0.717) is 5.82 Å². The van der Waals surface area contributed by atoms with Crippen LogP contribution in [0.15, 0.2) is 194 Å². The summed E-state index contributed by atoms with van der Waals surface area (Å²) in [5.74, 6) is 0.624. The Hall–Kier alpha value is -6.48. The molecule has 9 aromatic rings. The van der Waals surface area contributed by atoms with Crippen LogP contribution in [0.4, 0.5) is 0 Å². The third-order valence-electron chi connectivity index (χ3n) is 9.66. The first-order chi connectivity index (χ1) is 25.7. The third-order valence-corrected chi connectivity index (χ3v) is 12.7. The normalized spacial score (nSPS) is 11.5. The molecule has 2 heterocycles. The van der Waals surface area contributed by atoms with Gasteiger partial charge in [0.15, 0.2) is 13.0 Å². The summed E-state index contributed by atoms with van der Waals surface area (Å²) in [6.07, 6.45) is 3.71. The Bertz CT molecular complexity index is 2680. The van der Waals surface area contributed by atoms with Gasteiger partial charge in [0.1, 0.15) is 0 Å². The Morgan fingerprint density at radius 1 is 0.404 bits per heavy atom. The number of rotatable bonds is 7. The van der Waals surface area contributed by atoms with Crippen molar-refractivity contribution < 1.29 is 4.57 Å². The SMILES string of the molecule is O=P(c1ccccc1)(c1ccccc1)c1ccc(-c2cnc(-c3ccc4c(c3)nc(-c3ccccc3)c3cccc(-c5ccccc5)c34)nc2)cc1. The highest BCUT2D eigenvalue weighted by Gasteiger charge is 2.29. The molecule has 0 N–H and O–H groups in total. The molecule has 0 aliphatic rings. The van der Waals surface area contributed by atoms with Gasteiger partial charge in [0.2, 0.25) is 0 Å². The molecule has 0 fully saturated rings. The van der Waals surface area contributed by atoms with Crippen molar-refractivity contribution >= 4 is 44.7 Å². The average molecular weight is 686 g/mol. The van der Waals surface area contributed by atoms with E-state index < -0.39 is 7.14 Å². The third kappa shape index (κ3) is 5.60. The fourth-order valence-electron chi connectivity index (χ4n) is 7.08. The van der Waals surface area contributed by atoms with Gasteiger partial charge in [-0.3, -0.25) is 0 Å². The molecule has 0 aliphatic carbocycles. The number of hydrogen-bond donors (Lipinski definition) is 0. The van der Waals surface area contributed by atoms with Crippen LogP contribution >= 0.6 is 7.14 Å². The number of benzene rings is 7. The van der Waals surface area contributed by atoms with Crippen LogP contribution in [0.2, 0.25) is 0 Å². The molecule has 0 unspecified atom stereocenters. The minimum atomic E-state index is -3.05. The predicted octanol–water partition coefficient (Wildman–Crippen LogP) is 10.5. The van der Waals surface area contributed by atoms with Gasteiger partial charge in [-0.1, -0.05) is 176 Å². The summed E-state index contributed by atoms with van der Waals surface area (Å²) in [5, 5.41) is 5.78. The molecule has 0 spiro atoms. The fourth-order valence-corrected chi connectivity index (χ4v) is 9.73. The molecule has 2 aromatic heterocycles. The van der Waals surface area contributed by atoms with Crippen molar-refractivity contribution in [3.8, 4) is 44.9 Å². The Morgan fingerprint density at radius 3 is 1.56 bits per heavy atom. The van der Waals surface area contributed by atoms with E-state index >= 15 is 0 Å². The highest BCUT2D eigenvalue weighted by molar-refractivity contribution is 7.85.